The Morgan fingerprint density at radius 1 is 0.793 bits per heavy atom. The second kappa shape index (κ2) is 7.38. The van der Waals surface area contributed by atoms with Crippen LogP contribution >= 0.6 is 0 Å². The van der Waals surface area contributed by atoms with Gasteiger partial charge in [-0.05, 0) is 60.7 Å². The quantitative estimate of drug-likeness (QED) is 0.408. The monoisotopic (exact) mass is 399 g/mol. The summed E-state index contributed by atoms with van der Waals surface area (Å²) in [5, 5.41) is 3.79. The second-order valence-electron chi connectivity index (χ2n) is 6.16. The van der Waals surface area contributed by atoms with Crippen molar-refractivity contribution in [2.24, 2.45) is 0 Å². The Bertz CT molecular complexity index is 1140. The zero-order valence-electron chi connectivity index (χ0n) is 14.7. The Morgan fingerprint density at radius 2 is 1.45 bits per heavy atom. The topological polar surface area (TPSA) is 47.0 Å². The number of ether oxygens (including phenoxy) is 1. The fraction of sp³-hybridized carbons (Fsp3) is 0.0476. The van der Waals surface area contributed by atoms with Crippen molar-refractivity contribution in [3.05, 3.63) is 84.4 Å². The number of nitrogens with one attached hydrogen (secondary N) is 1. The molecule has 1 aromatic heterocycles. The van der Waals surface area contributed by atoms with Crippen molar-refractivity contribution in [3.8, 4) is 11.5 Å². The minimum absolute atomic E-state index is 0.294. The summed E-state index contributed by atoms with van der Waals surface area (Å²) in [6.45, 7) is 0. The van der Waals surface area contributed by atoms with Crippen molar-refractivity contribution in [1.29, 1.82) is 0 Å². The van der Waals surface area contributed by atoms with E-state index in [0.29, 0.717) is 33.9 Å². The molecule has 4 nitrogen and oxygen atoms in total. The molecule has 0 aliphatic heterocycles. The number of halogens is 4. The van der Waals surface area contributed by atoms with Gasteiger partial charge in [0.2, 0.25) is 0 Å². The number of alkyl halides is 3. The van der Waals surface area contributed by atoms with Gasteiger partial charge in [0.1, 0.15) is 29.5 Å². The molecule has 0 saturated carbocycles. The number of aromatic nitrogens is 2. The number of fused-ring (bicyclic) bond motifs is 1. The highest BCUT2D eigenvalue weighted by molar-refractivity contribution is 5.90. The summed E-state index contributed by atoms with van der Waals surface area (Å²) in [4.78, 5) is 8.23. The minimum atomic E-state index is -4.39. The molecule has 0 fully saturated rings. The molecule has 4 aromatic rings. The van der Waals surface area contributed by atoms with Gasteiger partial charge in [0.05, 0.1) is 11.1 Å². The van der Waals surface area contributed by atoms with Crippen molar-refractivity contribution in [2.75, 3.05) is 5.32 Å². The Kier molecular flexibility index (Phi) is 4.75. The third-order valence-corrected chi connectivity index (χ3v) is 4.13. The van der Waals surface area contributed by atoms with Gasteiger partial charge in [0.25, 0.3) is 0 Å². The first-order chi connectivity index (χ1) is 13.9. The Balaban J connectivity index is 1.49. The molecule has 0 saturated heterocycles. The van der Waals surface area contributed by atoms with Crippen LogP contribution in [0.4, 0.5) is 29.1 Å². The molecule has 0 spiro atoms. The maximum Gasteiger partial charge on any atom is 0.416 e. The summed E-state index contributed by atoms with van der Waals surface area (Å²) in [5.41, 5.74) is 0.445. The lowest BCUT2D eigenvalue weighted by atomic mass is 10.2. The minimum Gasteiger partial charge on any atom is -0.457 e. The van der Waals surface area contributed by atoms with E-state index in [9.17, 15) is 17.6 Å². The van der Waals surface area contributed by atoms with Crippen molar-refractivity contribution in [3.63, 3.8) is 0 Å². The van der Waals surface area contributed by atoms with Gasteiger partial charge < -0.3 is 10.1 Å². The lowest BCUT2D eigenvalue weighted by molar-refractivity contribution is -0.137. The lowest BCUT2D eigenvalue weighted by Crippen LogP contribution is -2.03. The van der Waals surface area contributed by atoms with Crippen LogP contribution in [0.15, 0.2) is 73.1 Å². The zero-order chi connectivity index (χ0) is 20.4. The van der Waals surface area contributed by atoms with Crippen LogP contribution in [-0.2, 0) is 6.18 Å². The van der Waals surface area contributed by atoms with Gasteiger partial charge >= 0.3 is 6.18 Å². The maximum absolute atomic E-state index is 13.3. The molecule has 0 amide bonds. The summed E-state index contributed by atoms with van der Waals surface area (Å²) in [7, 11) is 0. The smallest absolute Gasteiger partial charge is 0.416 e. The van der Waals surface area contributed by atoms with Gasteiger partial charge in [0.15, 0.2) is 0 Å². The molecule has 3 aromatic carbocycles. The van der Waals surface area contributed by atoms with Crippen LogP contribution in [-0.4, -0.2) is 9.97 Å². The van der Waals surface area contributed by atoms with Gasteiger partial charge in [-0.25, -0.2) is 14.4 Å². The van der Waals surface area contributed by atoms with Crippen LogP contribution < -0.4 is 10.1 Å². The number of anilines is 2. The fourth-order valence-electron chi connectivity index (χ4n) is 2.72. The zero-order valence-corrected chi connectivity index (χ0v) is 14.7. The number of hydrogen-bond acceptors (Lipinski definition) is 4. The van der Waals surface area contributed by atoms with Gasteiger partial charge in [-0.1, -0.05) is 0 Å². The van der Waals surface area contributed by atoms with E-state index in [1.54, 1.807) is 30.3 Å². The molecule has 1 N–H and O–H groups in total. The summed E-state index contributed by atoms with van der Waals surface area (Å²) in [5.74, 6) is 0.894. The second-order valence-corrected chi connectivity index (χ2v) is 6.16. The fourth-order valence-corrected chi connectivity index (χ4v) is 2.72. The lowest BCUT2D eigenvalue weighted by Gasteiger charge is -2.11. The summed E-state index contributed by atoms with van der Waals surface area (Å²) in [6, 6.07) is 15.5. The van der Waals surface area contributed by atoms with E-state index in [4.69, 9.17) is 4.74 Å². The molecule has 0 aliphatic rings. The van der Waals surface area contributed by atoms with Crippen molar-refractivity contribution in [2.45, 2.75) is 6.18 Å². The van der Waals surface area contributed by atoms with Gasteiger partial charge in [0, 0.05) is 17.1 Å². The summed E-state index contributed by atoms with van der Waals surface area (Å²) >= 11 is 0. The maximum atomic E-state index is 13.3. The third kappa shape index (κ3) is 4.26. The standard InChI is InChI=1S/C21H13F4N3O/c22-14-3-10-18-19(11-14)26-12-27-20(18)28-15-4-8-17(9-5-15)29-16-6-1-13(2-7-16)21(23,24)25/h1-12H,(H,26,27,28). The highest BCUT2D eigenvalue weighted by atomic mass is 19.4. The number of hydrogen-bond donors (Lipinski definition) is 1. The molecular formula is C21H13F4N3O. The Morgan fingerprint density at radius 3 is 2.10 bits per heavy atom. The summed E-state index contributed by atoms with van der Waals surface area (Å²) in [6.07, 6.45) is -3.05. The van der Waals surface area contributed by atoms with Gasteiger partial charge in [-0.3, -0.25) is 0 Å². The molecule has 4 rings (SSSR count). The first-order valence-corrected chi connectivity index (χ1v) is 8.51. The van der Waals surface area contributed by atoms with E-state index in [2.05, 4.69) is 15.3 Å². The van der Waals surface area contributed by atoms with E-state index in [0.717, 1.165) is 12.1 Å². The van der Waals surface area contributed by atoms with E-state index in [1.807, 2.05) is 0 Å². The van der Waals surface area contributed by atoms with E-state index in [1.165, 1.54) is 30.6 Å². The van der Waals surface area contributed by atoms with Gasteiger partial charge in [-0.2, -0.15) is 13.2 Å². The van der Waals surface area contributed by atoms with Crippen molar-refractivity contribution < 1.29 is 22.3 Å². The van der Waals surface area contributed by atoms with Crippen LogP contribution in [0.5, 0.6) is 11.5 Å². The van der Waals surface area contributed by atoms with Crippen LogP contribution in [0.25, 0.3) is 10.9 Å². The van der Waals surface area contributed by atoms with Crippen LogP contribution in [0, 0.1) is 5.82 Å². The first-order valence-electron chi connectivity index (χ1n) is 8.51. The van der Waals surface area contributed by atoms with Crippen molar-refractivity contribution >= 4 is 22.4 Å². The first kappa shape index (κ1) is 18.7. The molecule has 0 aliphatic carbocycles. The molecule has 0 atom stereocenters. The number of nitrogens with zero attached hydrogens (tertiary/aromatic N) is 2. The Hall–Kier alpha value is -3.68. The molecule has 146 valence electrons. The SMILES string of the molecule is Fc1ccc2c(Nc3ccc(Oc4ccc(C(F)(F)F)cc4)cc3)ncnc2c1. The highest BCUT2D eigenvalue weighted by Gasteiger charge is 2.30. The number of rotatable bonds is 4. The van der Waals surface area contributed by atoms with Crippen molar-refractivity contribution in [1.82, 2.24) is 9.97 Å². The number of benzene rings is 3. The highest BCUT2D eigenvalue weighted by Crippen LogP contribution is 2.32. The average Bonchev–Trinajstić information content (AvgIpc) is 2.69. The molecule has 0 radical (unpaired) electrons. The molecule has 0 bridgehead atoms. The van der Waals surface area contributed by atoms with E-state index < -0.39 is 11.7 Å². The molecule has 0 unspecified atom stereocenters. The third-order valence-electron chi connectivity index (χ3n) is 4.13. The van der Waals surface area contributed by atoms with Gasteiger partial charge in [-0.15, -0.1) is 0 Å². The average molecular weight is 399 g/mol. The predicted molar refractivity (Wildman–Crippen MR) is 101 cm³/mol. The molecule has 8 heteroatoms. The molecular weight excluding hydrogens is 386 g/mol. The van der Waals surface area contributed by atoms with E-state index in [-0.39, 0.29) is 5.82 Å². The van der Waals surface area contributed by atoms with Crippen LogP contribution in [0.2, 0.25) is 0 Å². The van der Waals surface area contributed by atoms with Crippen LogP contribution in [0.3, 0.4) is 0 Å². The predicted octanol–water partition coefficient (Wildman–Crippen LogP) is 6.32. The molecule has 29 heavy (non-hydrogen) atoms. The summed E-state index contributed by atoms with van der Waals surface area (Å²) < 4.78 is 56.8. The Labute approximate surface area is 162 Å². The molecule has 1 heterocycles. The largest absolute Gasteiger partial charge is 0.457 e. The van der Waals surface area contributed by atoms with E-state index >= 15 is 0 Å². The van der Waals surface area contributed by atoms with Crippen LogP contribution in [0.1, 0.15) is 5.56 Å². The normalized spacial score (nSPS) is 11.4.